The number of carbonyl (C=O) groups excluding carboxylic acids is 1. The first kappa shape index (κ1) is 16.3. The fourth-order valence-corrected chi connectivity index (χ4v) is 2.83. The Balaban J connectivity index is 1.65. The van der Waals surface area contributed by atoms with Crippen LogP contribution >= 0.6 is 0 Å². The van der Waals surface area contributed by atoms with Gasteiger partial charge >= 0.3 is 0 Å². The zero-order valence-corrected chi connectivity index (χ0v) is 12.8. The average molecular weight is 334 g/mol. The molecular weight excluding hydrogens is 316 g/mol. The van der Waals surface area contributed by atoms with Crippen LogP contribution in [0.25, 0.3) is 0 Å². The number of amides is 1. The summed E-state index contributed by atoms with van der Waals surface area (Å²) >= 11 is 0. The van der Waals surface area contributed by atoms with Crippen LogP contribution in [0.15, 0.2) is 35.4 Å². The lowest BCUT2D eigenvalue weighted by molar-refractivity contribution is 0.0438. The SMILES string of the molecule is O=C(NCC1(COc2cnccn2)C[C@@H](O)[C@@H](O)C1)c1ccno1. The maximum Gasteiger partial charge on any atom is 0.289 e. The van der Waals surface area contributed by atoms with E-state index in [0.717, 1.165) is 0 Å². The predicted octanol–water partition coefficient (Wildman–Crippen LogP) is -0.225. The summed E-state index contributed by atoms with van der Waals surface area (Å²) in [6.07, 6.45) is 4.76. The van der Waals surface area contributed by atoms with E-state index in [1.54, 1.807) is 0 Å². The van der Waals surface area contributed by atoms with Crippen molar-refractivity contribution in [1.29, 1.82) is 0 Å². The maximum absolute atomic E-state index is 12.0. The minimum Gasteiger partial charge on any atom is -0.476 e. The zero-order chi connectivity index (χ0) is 17.0. The van der Waals surface area contributed by atoms with Crippen LogP contribution in [0, 0.1) is 5.41 Å². The summed E-state index contributed by atoms with van der Waals surface area (Å²) in [4.78, 5) is 19.9. The van der Waals surface area contributed by atoms with E-state index in [1.165, 1.54) is 30.9 Å². The minimum atomic E-state index is -0.863. The molecule has 1 aliphatic carbocycles. The van der Waals surface area contributed by atoms with Crippen LogP contribution in [-0.4, -0.2) is 56.6 Å². The molecule has 0 aromatic carbocycles. The normalized spacial score (nSPS) is 26.2. The summed E-state index contributed by atoms with van der Waals surface area (Å²) < 4.78 is 10.4. The van der Waals surface area contributed by atoms with Crippen LogP contribution in [0.5, 0.6) is 5.88 Å². The highest BCUT2D eigenvalue weighted by Gasteiger charge is 2.45. The van der Waals surface area contributed by atoms with E-state index in [9.17, 15) is 15.0 Å². The molecule has 0 saturated heterocycles. The molecule has 0 bridgehead atoms. The van der Waals surface area contributed by atoms with Gasteiger partial charge in [-0.2, -0.15) is 0 Å². The first-order chi connectivity index (χ1) is 11.6. The van der Waals surface area contributed by atoms with Crippen molar-refractivity contribution in [2.24, 2.45) is 5.41 Å². The third-order valence-corrected chi connectivity index (χ3v) is 4.08. The number of aliphatic hydroxyl groups excluding tert-OH is 2. The highest BCUT2D eigenvalue weighted by atomic mass is 16.5. The molecule has 128 valence electrons. The maximum atomic E-state index is 12.0. The molecule has 9 nitrogen and oxygen atoms in total. The Morgan fingerprint density at radius 1 is 1.33 bits per heavy atom. The van der Waals surface area contributed by atoms with Gasteiger partial charge in [0.25, 0.3) is 5.91 Å². The Bertz CT molecular complexity index is 654. The van der Waals surface area contributed by atoms with E-state index in [1.807, 2.05) is 0 Å². The van der Waals surface area contributed by atoms with Gasteiger partial charge < -0.3 is 24.8 Å². The molecule has 0 spiro atoms. The van der Waals surface area contributed by atoms with E-state index in [-0.39, 0.29) is 18.9 Å². The van der Waals surface area contributed by atoms with E-state index in [4.69, 9.17) is 9.26 Å². The molecule has 2 heterocycles. The summed E-state index contributed by atoms with van der Waals surface area (Å²) in [7, 11) is 0. The Labute approximate surface area is 137 Å². The molecule has 1 saturated carbocycles. The number of rotatable bonds is 6. The molecule has 1 fully saturated rings. The molecule has 9 heteroatoms. The summed E-state index contributed by atoms with van der Waals surface area (Å²) in [5, 5.41) is 26.0. The van der Waals surface area contributed by atoms with Gasteiger partial charge in [-0.15, -0.1) is 0 Å². The Morgan fingerprint density at radius 3 is 2.75 bits per heavy atom. The van der Waals surface area contributed by atoms with Crippen molar-refractivity contribution in [1.82, 2.24) is 20.4 Å². The Morgan fingerprint density at radius 2 is 2.12 bits per heavy atom. The van der Waals surface area contributed by atoms with Crippen molar-refractivity contribution in [3.8, 4) is 5.88 Å². The Hall–Kier alpha value is -2.52. The van der Waals surface area contributed by atoms with Crippen LogP contribution in [0.3, 0.4) is 0 Å². The van der Waals surface area contributed by atoms with Gasteiger partial charge in [-0.05, 0) is 12.8 Å². The highest BCUT2D eigenvalue weighted by Crippen LogP contribution is 2.38. The van der Waals surface area contributed by atoms with Crippen LogP contribution in [0.2, 0.25) is 0 Å². The van der Waals surface area contributed by atoms with Crippen molar-refractivity contribution in [2.45, 2.75) is 25.0 Å². The lowest BCUT2D eigenvalue weighted by atomic mass is 9.86. The van der Waals surface area contributed by atoms with Crippen LogP contribution in [0.4, 0.5) is 0 Å². The van der Waals surface area contributed by atoms with Gasteiger partial charge in [0.05, 0.1) is 31.2 Å². The van der Waals surface area contributed by atoms with Gasteiger partial charge in [0.1, 0.15) is 0 Å². The fourth-order valence-electron chi connectivity index (χ4n) is 2.83. The minimum absolute atomic E-state index is 0.0964. The van der Waals surface area contributed by atoms with Crippen molar-refractivity contribution in [3.63, 3.8) is 0 Å². The van der Waals surface area contributed by atoms with Crippen LogP contribution < -0.4 is 10.1 Å². The topological polar surface area (TPSA) is 131 Å². The second-order valence-corrected chi connectivity index (χ2v) is 5.93. The van der Waals surface area contributed by atoms with Gasteiger partial charge in [0.2, 0.25) is 11.6 Å². The number of ether oxygens (including phenoxy) is 1. The van der Waals surface area contributed by atoms with Gasteiger partial charge in [-0.25, -0.2) is 4.98 Å². The molecule has 3 atom stereocenters. The number of aromatic nitrogens is 3. The second-order valence-electron chi connectivity index (χ2n) is 5.93. The summed E-state index contributed by atoms with van der Waals surface area (Å²) in [5.41, 5.74) is -0.619. The molecule has 1 unspecified atom stereocenters. The zero-order valence-electron chi connectivity index (χ0n) is 12.8. The molecule has 2 aromatic rings. The van der Waals surface area contributed by atoms with Crippen molar-refractivity contribution < 1.29 is 24.3 Å². The van der Waals surface area contributed by atoms with Crippen molar-refractivity contribution in [3.05, 3.63) is 36.6 Å². The molecular formula is C15H18N4O5. The number of nitrogens with zero attached hydrogens (tertiary/aromatic N) is 3. The number of carbonyl (C=O) groups is 1. The summed E-state index contributed by atoms with van der Waals surface area (Å²) in [5.74, 6) is 0.0238. The van der Waals surface area contributed by atoms with Gasteiger partial charge in [0, 0.05) is 30.4 Å². The van der Waals surface area contributed by atoms with E-state index in [2.05, 4.69) is 20.4 Å². The predicted molar refractivity (Wildman–Crippen MR) is 80.0 cm³/mol. The van der Waals surface area contributed by atoms with E-state index in [0.29, 0.717) is 18.7 Å². The van der Waals surface area contributed by atoms with Gasteiger partial charge in [-0.1, -0.05) is 5.16 Å². The molecule has 24 heavy (non-hydrogen) atoms. The highest BCUT2D eigenvalue weighted by molar-refractivity contribution is 5.91. The van der Waals surface area contributed by atoms with Crippen molar-refractivity contribution in [2.75, 3.05) is 13.2 Å². The molecule has 0 aliphatic heterocycles. The molecule has 3 rings (SSSR count). The molecule has 1 amide bonds. The first-order valence-corrected chi connectivity index (χ1v) is 7.52. The van der Waals surface area contributed by atoms with Crippen molar-refractivity contribution >= 4 is 5.91 Å². The molecule has 1 aliphatic rings. The second kappa shape index (κ2) is 6.93. The third kappa shape index (κ3) is 3.69. The fraction of sp³-hybridized carbons (Fsp3) is 0.467. The van der Waals surface area contributed by atoms with Gasteiger partial charge in [0.15, 0.2) is 0 Å². The van der Waals surface area contributed by atoms with Gasteiger partial charge in [-0.3, -0.25) is 9.78 Å². The quantitative estimate of drug-likeness (QED) is 0.660. The Kier molecular flexibility index (Phi) is 4.72. The molecule has 2 aromatic heterocycles. The average Bonchev–Trinajstić information content (AvgIpc) is 3.22. The van der Waals surface area contributed by atoms with Crippen LogP contribution in [-0.2, 0) is 0 Å². The number of hydrogen-bond acceptors (Lipinski definition) is 8. The lowest BCUT2D eigenvalue weighted by Gasteiger charge is -2.28. The largest absolute Gasteiger partial charge is 0.476 e. The standard InChI is InChI=1S/C15H18N4O5/c20-10-5-15(6-11(10)21,9-23-13-7-16-3-4-17-13)8-18-14(22)12-1-2-19-24-12/h1-4,7,10-11,20-21H,5-6,8-9H2,(H,18,22)/t10-,11+,15?. The van der Waals surface area contributed by atoms with Crippen LogP contribution in [0.1, 0.15) is 23.4 Å². The van der Waals surface area contributed by atoms with E-state index >= 15 is 0 Å². The molecule has 0 radical (unpaired) electrons. The summed E-state index contributed by atoms with van der Waals surface area (Å²) in [6, 6.07) is 1.45. The number of hydrogen-bond donors (Lipinski definition) is 3. The third-order valence-electron chi connectivity index (χ3n) is 4.08. The number of aliphatic hydroxyl groups is 2. The van der Waals surface area contributed by atoms with E-state index < -0.39 is 23.5 Å². The summed E-state index contributed by atoms with van der Waals surface area (Å²) in [6.45, 7) is 0.386. The lowest BCUT2D eigenvalue weighted by Crippen LogP contribution is -2.40. The molecule has 3 N–H and O–H groups in total. The first-order valence-electron chi connectivity index (χ1n) is 7.52. The number of nitrogens with one attached hydrogen (secondary N) is 1. The monoisotopic (exact) mass is 334 g/mol. The smallest absolute Gasteiger partial charge is 0.289 e.